The molecule has 0 saturated heterocycles. The molecule has 0 bridgehead atoms. The van der Waals surface area contributed by atoms with Gasteiger partial charge in [0, 0.05) is 13.0 Å². The Hall–Kier alpha value is -1.39. The van der Waals surface area contributed by atoms with Crippen molar-refractivity contribution in [2.24, 2.45) is 0 Å². The molecule has 0 saturated carbocycles. The summed E-state index contributed by atoms with van der Waals surface area (Å²) in [6.45, 7) is 5.29. The molecule has 1 N–H and O–H groups in total. The zero-order chi connectivity index (χ0) is 31.3. The van der Waals surface area contributed by atoms with Crippen LogP contribution in [0, 0.1) is 0 Å². The van der Waals surface area contributed by atoms with E-state index in [0.29, 0.717) is 13.0 Å². The first-order valence-corrected chi connectivity index (χ1v) is 18.6. The van der Waals surface area contributed by atoms with Crippen molar-refractivity contribution in [2.45, 2.75) is 187 Å². The van der Waals surface area contributed by atoms with Gasteiger partial charge in [0.05, 0.1) is 13.2 Å². The quantitative estimate of drug-likeness (QED) is 0.0451. The van der Waals surface area contributed by atoms with Crippen LogP contribution in [0.1, 0.15) is 181 Å². The molecule has 0 rings (SSSR count). The Morgan fingerprint density at radius 1 is 0.558 bits per heavy atom. The van der Waals surface area contributed by atoms with Gasteiger partial charge in [-0.3, -0.25) is 4.79 Å². The summed E-state index contributed by atoms with van der Waals surface area (Å²) in [6, 6.07) is 0. The molecule has 0 aliphatic heterocycles. The summed E-state index contributed by atoms with van der Waals surface area (Å²) in [5.74, 6) is -0.217. The molecule has 4 heteroatoms. The highest BCUT2D eigenvalue weighted by atomic mass is 16.6. The third-order valence-electron chi connectivity index (χ3n) is 7.94. The van der Waals surface area contributed by atoms with E-state index in [9.17, 15) is 9.90 Å². The van der Waals surface area contributed by atoms with Gasteiger partial charge in [0.2, 0.25) is 0 Å². The molecule has 0 fully saturated rings. The SMILES string of the molecule is CCCCC/C=C\C/C=C\CCCCCCCC(=O)OC(CO)COCCCCCCCC/C=C\CCCCCCCC. The number of allylic oxidation sites excluding steroid dienone is 6. The van der Waals surface area contributed by atoms with Gasteiger partial charge < -0.3 is 14.6 Å². The molecule has 1 atom stereocenters. The Kier molecular flexibility index (Phi) is 35.6. The maximum Gasteiger partial charge on any atom is 0.306 e. The van der Waals surface area contributed by atoms with Crippen molar-refractivity contribution < 1.29 is 19.4 Å². The minimum absolute atomic E-state index is 0.179. The molecule has 252 valence electrons. The first kappa shape index (κ1) is 41.6. The molecule has 0 aliphatic rings. The molecule has 4 nitrogen and oxygen atoms in total. The number of esters is 1. The second-order valence-electron chi connectivity index (χ2n) is 12.3. The average Bonchev–Trinajstić information content (AvgIpc) is 3.01. The van der Waals surface area contributed by atoms with Gasteiger partial charge in [0.25, 0.3) is 0 Å². The summed E-state index contributed by atoms with van der Waals surface area (Å²) in [5, 5.41) is 9.55. The minimum Gasteiger partial charge on any atom is -0.457 e. The summed E-state index contributed by atoms with van der Waals surface area (Å²) in [7, 11) is 0. The van der Waals surface area contributed by atoms with Crippen LogP contribution in [0.2, 0.25) is 0 Å². The van der Waals surface area contributed by atoms with E-state index in [4.69, 9.17) is 9.47 Å². The maximum absolute atomic E-state index is 12.1. The smallest absolute Gasteiger partial charge is 0.306 e. The summed E-state index contributed by atoms with van der Waals surface area (Å²) >= 11 is 0. The highest BCUT2D eigenvalue weighted by molar-refractivity contribution is 5.69. The van der Waals surface area contributed by atoms with E-state index in [0.717, 1.165) is 38.5 Å². The number of aliphatic hydroxyl groups is 1. The third-order valence-corrected chi connectivity index (χ3v) is 7.94. The lowest BCUT2D eigenvalue weighted by Gasteiger charge is -2.15. The molecule has 0 heterocycles. The minimum atomic E-state index is -0.542. The Bertz CT molecular complexity index is 639. The monoisotopic (exact) mass is 605 g/mol. The fourth-order valence-corrected chi connectivity index (χ4v) is 5.12. The van der Waals surface area contributed by atoms with Gasteiger partial charge in [-0.25, -0.2) is 0 Å². The lowest BCUT2D eigenvalue weighted by molar-refractivity contribution is -0.154. The summed E-state index contributed by atoms with van der Waals surface area (Å²) < 4.78 is 11.1. The van der Waals surface area contributed by atoms with Crippen LogP contribution in [0.15, 0.2) is 36.5 Å². The molecule has 0 aromatic rings. The van der Waals surface area contributed by atoms with Crippen LogP contribution in [0.4, 0.5) is 0 Å². The zero-order valence-corrected chi connectivity index (χ0v) is 28.7. The normalized spacial score (nSPS) is 12.7. The van der Waals surface area contributed by atoms with Crippen molar-refractivity contribution in [3.05, 3.63) is 36.5 Å². The van der Waals surface area contributed by atoms with Gasteiger partial charge in [-0.15, -0.1) is 0 Å². The van der Waals surface area contributed by atoms with Crippen molar-refractivity contribution in [1.82, 2.24) is 0 Å². The van der Waals surface area contributed by atoms with Crippen LogP contribution >= 0.6 is 0 Å². The second-order valence-corrected chi connectivity index (χ2v) is 12.3. The van der Waals surface area contributed by atoms with Crippen LogP contribution in [-0.4, -0.2) is 37.0 Å². The van der Waals surface area contributed by atoms with E-state index in [1.165, 1.54) is 122 Å². The number of rotatable bonds is 34. The largest absolute Gasteiger partial charge is 0.457 e. The number of hydrogen-bond donors (Lipinski definition) is 1. The first-order valence-electron chi connectivity index (χ1n) is 18.6. The predicted octanol–water partition coefficient (Wildman–Crippen LogP) is 11.8. The number of hydrogen-bond acceptors (Lipinski definition) is 4. The van der Waals surface area contributed by atoms with Crippen molar-refractivity contribution in [2.75, 3.05) is 19.8 Å². The molecule has 0 spiro atoms. The molecular formula is C39H72O4. The summed E-state index contributed by atoms with van der Waals surface area (Å²) in [5.41, 5.74) is 0. The number of unbranched alkanes of at least 4 members (excludes halogenated alkanes) is 20. The topological polar surface area (TPSA) is 55.8 Å². The number of aliphatic hydroxyl groups excluding tert-OH is 1. The van der Waals surface area contributed by atoms with Gasteiger partial charge in [-0.05, 0) is 70.6 Å². The van der Waals surface area contributed by atoms with Gasteiger partial charge in [-0.1, -0.05) is 140 Å². The van der Waals surface area contributed by atoms with Crippen LogP contribution in [0.25, 0.3) is 0 Å². The van der Waals surface area contributed by atoms with Crippen LogP contribution in [0.5, 0.6) is 0 Å². The molecule has 43 heavy (non-hydrogen) atoms. The Labute approximate surface area is 268 Å². The van der Waals surface area contributed by atoms with Crippen molar-refractivity contribution in [3.63, 3.8) is 0 Å². The Morgan fingerprint density at radius 3 is 1.51 bits per heavy atom. The van der Waals surface area contributed by atoms with E-state index in [-0.39, 0.29) is 19.2 Å². The van der Waals surface area contributed by atoms with E-state index < -0.39 is 6.10 Å². The van der Waals surface area contributed by atoms with E-state index >= 15 is 0 Å². The Balaban J connectivity index is 3.48. The van der Waals surface area contributed by atoms with Gasteiger partial charge >= 0.3 is 5.97 Å². The fourth-order valence-electron chi connectivity index (χ4n) is 5.12. The zero-order valence-electron chi connectivity index (χ0n) is 28.7. The second kappa shape index (κ2) is 36.8. The molecule has 0 radical (unpaired) electrons. The van der Waals surface area contributed by atoms with Crippen molar-refractivity contribution in [3.8, 4) is 0 Å². The van der Waals surface area contributed by atoms with Crippen LogP contribution in [0.3, 0.4) is 0 Å². The lowest BCUT2D eigenvalue weighted by Crippen LogP contribution is -2.27. The highest BCUT2D eigenvalue weighted by Crippen LogP contribution is 2.11. The van der Waals surface area contributed by atoms with Crippen LogP contribution < -0.4 is 0 Å². The molecule has 0 aromatic carbocycles. The molecule has 1 unspecified atom stereocenters. The summed E-state index contributed by atoms with van der Waals surface area (Å²) in [6.07, 6.45) is 44.6. The lowest BCUT2D eigenvalue weighted by atomic mass is 10.1. The number of carbonyl (C=O) groups is 1. The number of ether oxygens (including phenoxy) is 2. The van der Waals surface area contributed by atoms with Gasteiger partial charge in [0.1, 0.15) is 6.10 Å². The highest BCUT2D eigenvalue weighted by Gasteiger charge is 2.13. The van der Waals surface area contributed by atoms with E-state index in [2.05, 4.69) is 50.3 Å². The standard InChI is InChI=1S/C39H72O4/c1-3-5-7-9-11-13-15-17-19-21-23-25-27-29-31-33-35-42-37-38(36-40)43-39(41)34-32-30-28-26-24-22-20-18-16-14-12-10-8-6-4-2/h12,14,17-20,38,40H,3-11,13,15-16,21-37H2,1-2H3/b14-12-,19-17-,20-18-. The van der Waals surface area contributed by atoms with Crippen LogP contribution in [-0.2, 0) is 14.3 Å². The molecule has 0 aromatic heterocycles. The third kappa shape index (κ3) is 35.0. The first-order chi connectivity index (χ1) is 21.2. The molecular weight excluding hydrogens is 532 g/mol. The predicted molar refractivity (Wildman–Crippen MR) is 187 cm³/mol. The summed E-state index contributed by atoms with van der Waals surface area (Å²) in [4.78, 5) is 12.1. The van der Waals surface area contributed by atoms with Crippen molar-refractivity contribution >= 4 is 5.97 Å². The molecule has 0 amide bonds. The average molecular weight is 605 g/mol. The number of carbonyl (C=O) groups excluding carboxylic acids is 1. The van der Waals surface area contributed by atoms with Gasteiger partial charge in [0.15, 0.2) is 0 Å². The van der Waals surface area contributed by atoms with E-state index in [1.54, 1.807) is 0 Å². The van der Waals surface area contributed by atoms with Crippen molar-refractivity contribution in [1.29, 1.82) is 0 Å². The molecule has 0 aliphatic carbocycles. The van der Waals surface area contributed by atoms with Gasteiger partial charge in [-0.2, -0.15) is 0 Å². The fraction of sp³-hybridized carbons (Fsp3) is 0.821. The van der Waals surface area contributed by atoms with E-state index in [1.807, 2.05) is 0 Å². The Morgan fingerprint density at radius 2 is 0.977 bits per heavy atom. The maximum atomic E-state index is 12.1.